The predicted octanol–water partition coefficient (Wildman–Crippen LogP) is 4.68. The van der Waals surface area contributed by atoms with Crippen LogP contribution in [0.1, 0.15) is 42.3 Å². The van der Waals surface area contributed by atoms with Gasteiger partial charge in [0.25, 0.3) is 0 Å². The van der Waals surface area contributed by atoms with Gasteiger partial charge < -0.3 is 9.30 Å². The number of thiophene rings is 1. The van der Waals surface area contributed by atoms with Crippen LogP contribution in [0.2, 0.25) is 0 Å². The predicted molar refractivity (Wildman–Crippen MR) is 120 cm³/mol. The van der Waals surface area contributed by atoms with Gasteiger partial charge in [-0.1, -0.05) is 30.0 Å². The summed E-state index contributed by atoms with van der Waals surface area (Å²) < 4.78 is 9.34. The van der Waals surface area contributed by atoms with E-state index in [1.54, 1.807) is 11.8 Å². The van der Waals surface area contributed by atoms with Crippen LogP contribution in [0.25, 0.3) is 10.1 Å². The zero-order chi connectivity index (χ0) is 19.6. The fourth-order valence-corrected chi connectivity index (χ4v) is 6.53. The Balaban J connectivity index is 1.16. The number of nitrogens with zero attached hydrogens (tertiary/aromatic N) is 4. The number of piperidine rings is 1. The first-order valence-corrected chi connectivity index (χ1v) is 12.4. The van der Waals surface area contributed by atoms with E-state index in [2.05, 4.69) is 57.0 Å². The Hall–Kier alpha value is -1.41. The fraction of sp³-hybridized carbons (Fsp3) is 0.545. The standard InChI is InChI=1S/C22H28N4OS2/c1-25-21(23-24-22(25)28-15-18-6-4-12-27-18)16-8-10-26(11-9-16)14-19-13-17-5-2-3-7-20(17)29-19/h2-3,5,7,13,16,18H,4,6,8-12,14-15H2,1H3/t18-/m0/s1. The Bertz CT molecular complexity index is 922. The van der Waals surface area contributed by atoms with Crippen molar-refractivity contribution in [2.75, 3.05) is 25.4 Å². The molecule has 0 N–H and O–H groups in total. The van der Waals surface area contributed by atoms with Gasteiger partial charge in [0, 0.05) is 41.4 Å². The third kappa shape index (κ3) is 4.38. The summed E-state index contributed by atoms with van der Waals surface area (Å²) in [7, 11) is 2.12. The normalized spacial score (nSPS) is 21.3. The molecule has 2 aromatic heterocycles. The lowest BCUT2D eigenvalue weighted by molar-refractivity contribution is 0.129. The van der Waals surface area contributed by atoms with Crippen LogP contribution >= 0.6 is 23.1 Å². The number of hydrogen-bond donors (Lipinski definition) is 0. The van der Waals surface area contributed by atoms with Crippen molar-refractivity contribution in [3.63, 3.8) is 0 Å². The number of likely N-dealkylation sites (tertiary alicyclic amines) is 1. The first-order chi connectivity index (χ1) is 14.3. The minimum Gasteiger partial charge on any atom is -0.377 e. The van der Waals surface area contributed by atoms with Gasteiger partial charge >= 0.3 is 0 Å². The topological polar surface area (TPSA) is 43.2 Å². The van der Waals surface area contributed by atoms with Crippen molar-refractivity contribution >= 4 is 33.2 Å². The number of aromatic nitrogens is 3. The molecular weight excluding hydrogens is 400 g/mol. The van der Waals surface area contributed by atoms with E-state index in [1.807, 2.05) is 11.3 Å². The number of thioether (sulfide) groups is 1. The maximum atomic E-state index is 5.73. The molecule has 5 nitrogen and oxygen atoms in total. The zero-order valence-corrected chi connectivity index (χ0v) is 18.6. The highest BCUT2D eigenvalue weighted by atomic mass is 32.2. The molecular formula is C22H28N4OS2. The van der Waals surface area contributed by atoms with Gasteiger partial charge in [0.15, 0.2) is 5.16 Å². The monoisotopic (exact) mass is 428 g/mol. The minimum atomic E-state index is 0.386. The van der Waals surface area contributed by atoms with Crippen molar-refractivity contribution in [3.8, 4) is 0 Å². The molecule has 29 heavy (non-hydrogen) atoms. The molecule has 2 fully saturated rings. The summed E-state index contributed by atoms with van der Waals surface area (Å²) in [5, 5.41) is 11.4. The fourth-order valence-electron chi connectivity index (χ4n) is 4.44. The first kappa shape index (κ1) is 19.5. The Morgan fingerprint density at radius 1 is 1.17 bits per heavy atom. The SMILES string of the molecule is Cn1c(SC[C@@H]2CCCO2)nnc1C1CCN(Cc2cc3ccccc3s2)CC1. The van der Waals surface area contributed by atoms with Gasteiger partial charge in [-0.05, 0) is 56.3 Å². The maximum absolute atomic E-state index is 5.73. The molecule has 2 saturated heterocycles. The van der Waals surface area contributed by atoms with E-state index in [1.165, 1.54) is 27.8 Å². The van der Waals surface area contributed by atoms with Crippen LogP contribution in [-0.2, 0) is 18.3 Å². The first-order valence-electron chi connectivity index (χ1n) is 10.6. The molecule has 4 heterocycles. The highest BCUT2D eigenvalue weighted by Crippen LogP contribution is 2.32. The highest BCUT2D eigenvalue weighted by molar-refractivity contribution is 7.99. The molecule has 5 rings (SSSR count). The molecule has 0 bridgehead atoms. The number of ether oxygens (including phenoxy) is 1. The van der Waals surface area contributed by atoms with Crippen molar-refractivity contribution < 1.29 is 4.74 Å². The maximum Gasteiger partial charge on any atom is 0.191 e. The summed E-state index contributed by atoms with van der Waals surface area (Å²) in [6.07, 6.45) is 5.07. The second-order valence-corrected chi connectivity index (χ2v) is 10.3. The van der Waals surface area contributed by atoms with Gasteiger partial charge in [0.2, 0.25) is 0 Å². The molecule has 0 amide bonds. The largest absolute Gasteiger partial charge is 0.377 e. The van der Waals surface area contributed by atoms with Gasteiger partial charge in [-0.25, -0.2) is 0 Å². The van der Waals surface area contributed by atoms with Crippen LogP contribution in [0.3, 0.4) is 0 Å². The van der Waals surface area contributed by atoms with Crippen molar-refractivity contribution in [1.29, 1.82) is 0 Å². The summed E-state index contributed by atoms with van der Waals surface area (Å²) in [5.74, 6) is 2.66. The lowest BCUT2D eigenvalue weighted by atomic mass is 9.96. The van der Waals surface area contributed by atoms with E-state index in [0.717, 1.165) is 55.8 Å². The Kier molecular flexibility index (Phi) is 5.90. The molecule has 2 aliphatic rings. The second kappa shape index (κ2) is 8.76. The van der Waals surface area contributed by atoms with Gasteiger partial charge in [-0.3, -0.25) is 4.90 Å². The molecule has 0 spiro atoms. The van der Waals surface area contributed by atoms with Crippen LogP contribution in [0, 0.1) is 0 Å². The molecule has 7 heteroatoms. The van der Waals surface area contributed by atoms with Crippen molar-refractivity contribution in [1.82, 2.24) is 19.7 Å². The Morgan fingerprint density at radius 3 is 2.83 bits per heavy atom. The Labute approximate surface area is 180 Å². The van der Waals surface area contributed by atoms with E-state index in [9.17, 15) is 0 Å². The van der Waals surface area contributed by atoms with E-state index in [4.69, 9.17) is 4.74 Å². The summed E-state index contributed by atoms with van der Waals surface area (Å²) in [6, 6.07) is 11.0. The zero-order valence-electron chi connectivity index (χ0n) is 16.9. The average Bonchev–Trinajstić information content (AvgIpc) is 3.47. The van der Waals surface area contributed by atoms with Crippen LogP contribution in [-0.4, -0.2) is 51.2 Å². The number of rotatable bonds is 6. The minimum absolute atomic E-state index is 0.386. The van der Waals surface area contributed by atoms with E-state index >= 15 is 0 Å². The summed E-state index contributed by atoms with van der Waals surface area (Å²) >= 11 is 3.72. The lowest BCUT2D eigenvalue weighted by Gasteiger charge is -2.31. The number of fused-ring (bicyclic) bond motifs is 1. The Morgan fingerprint density at radius 2 is 2.03 bits per heavy atom. The molecule has 0 radical (unpaired) electrons. The smallest absolute Gasteiger partial charge is 0.191 e. The van der Waals surface area contributed by atoms with Crippen molar-refractivity contribution in [2.24, 2.45) is 7.05 Å². The molecule has 0 aliphatic carbocycles. The van der Waals surface area contributed by atoms with Crippen LogP contribution in [0.4, 0.5) is 0 Å². The number of hydrogen-bond acceptors (Lipinski definition) is 6. The van der Waals surface area contributed by atoms with Gasteiger partial charge in [0.1, 0.15) is 5.82 Å². The quantitative estimate of drug-likeness (QED) is 0.533. The van der Waals surface area contributed by atoms with Gasteiger partial charge in [0.05, 0.1) is 6.10 Å². The number of benzene rings is 1. The third-order valence-electron chi connectivity index (χ3n) is 6.10. The van der Waals surface area contributed by atoms with Crippen molar-refractivity contribution in [2.45, 2.75) is 49.4 Å². The molecule has 3 aromatic rings. The lowest BCUT2D eigenvalue weighted by Crippen LogP contribution is -2.33. The molecule has 2 aliphatic heterocycles. The van der Waals surface area contributed by atoms with E-state index < -0.39 is 0 Å². The van der Waals surface area contributed by atoms with E-state index in [-0.39, 0.29) is 0 Å². The summed E-state index contributed by atoms with van der Waals surface area (Å²) in [4.78, 5) is 4.06. The third-order valence-corrected chi connectivity index (χ3v) is 8.35. The van der Waals surface area contributed by atoms with Crippen molar-refractivity contribution in [3.05, 3.63) is 41.0 Å². The van der Waals surface area contributed by atoms with Crippen LogP contribution < -0.4 is 0 Å². The highest BCUT2D eigenvalue weighted by Gasteiger charge is 2.26. The summed E-state index contributed by atoms with van der Waals surface area (Å²) in [6.45, 7) is 4.23. The second-order valence-electron chi connectivity index (χ2n) is 8.15. The molecule has 1 aromatic carbocycles. The molecule has 0 saturated carbocycles. The molecule has 0 unspecified atom stereocenters. The van der Waals surface area contributed by atoms with Gasteiger partial charge in [-0.15, -0.1) is 21.5 Å². The molecule has 1 atom stereocenters. The van der Waals surface area contributed by atoms with Gasteiger partial charge in [-0.2, -0.15) is 0 Å². The van der Waals surface area contributed by atoms with Crippen LogP contribution in [0.5, 0.6) is 0 Å². The summed E-state index contributed by atoms with van der Waals surface area (Å²) in [5.41, 5.74) is 0. The average molecular weight is 429 g/mol. The van der Waals surface area contributed by atoms with E-state index in [0.29, 0.717) is 12.0 Å². The van der Waals surface area contributed by atoms with Crippen LogP contribution in [0.15, 0.2) is 35.5 Å². The molecule has 154 valence electrons.